The highest BCUT2D eigenvalue weighted by atomic mass is 16.4. The molecule has 4 aromatic carbocycles. The van der Waals surface area contributed by atoms with Gasteiger partial charge in [-0.2, -0.15) is 0 Å². The second-order valence-electron chi connectivity index (χ2n) is 19.2. The maximum Gasteiger partial charge on any atom is 0.416 e. The third-order valence-corrected chi connectivity index (χ3v) is 11.2. The van der Waals surface area contributed by atoms with E-state index in [2.05, 4.69) is 151 Å². The van der Waals surface area contributed by atoms with Gasteiger partial charge in [-0.25, -0.2) is 0 Å². The molecule has 8 aromatic rings. The molecule has 0 aliphatic carbocycles. The summed E-state index contributed by atoms with van der Waals surface area (Å²) in [4.78, 5) is 14.5. The molecule has 0 bridgehead atoms. The van der Waals surface area contributed by atoms with E-state index in [1.807, 2.05) is 0 Å². The Balaban J connectivity index is 1.52. The predicted molar refractivity (Wildman–Crippen MR) is 212 cm³/mol. The van der Waals surface area contributed by atoms with Crippen molar-refractivity contribution in [3.8, 4) is 0 Å². The Labute approximate surface area is 300 Å². The fraction of sp³-hybridized carbons (Fsp3) is 0.400. The summed E-state index contributed by atoms with van der Waals surface area (Å²) in [5, 5.41) is 31.3. The second kappa shape index (κ2) is 10.6. The van der Waals surface area contributed by atoms with E-state index in [1.54, 1.807) is 0 Å². The molecule has 0 atom stereocenters. The van der Waals surface area contributed by atoms with Gasteiger partial charge in [-0.05, 0) is 43.9 Å². The Morgan fingerprint density at radius 1 is 0.392 bits per heavy atom. The Morgan fingerprint density at radius 3 is 0.980 bits per heavy atom. The first-order chi connectivity index (χ1) is 23.6. The summed E-state index contributed by atoms with van der Waals surface area (Å²) in [6.07, 6.45) is 0. The molecule has 0 saturated heterocycles. The Morgan fingerprint density at radius 2 is 0.667 bits per heavy atom. The van der Waals surface area contributed by atoms with Crippen molar-refractivity contribution in [3.63, 3.8) is 0 Å². The molecule has 7 nitrogen and oxygen atoms in total. The number of H-pyrrole nitrogens is 4. The van der Waals surface area contributed by atoms with Crippen LogP contribution in [-0.2, 0) is 21.7 Å². The molecule has 51 heavy (non-hydrogen) atoms. The molecular formula is C40H50B4N4O3. The summed E-state index contributed by atoms with van der Waals surface area (Å²) in [5.41, 5.74) is 7.90. The number of hydrogen-bond donors (Lipinski definition) is 2. The van der Waals surface area contributed by atoms with Crippen LogP contribution >= 0.6 is 0 Å². The maximum absolute atomic E-state index is 11.7. The smallest absolute Gasteiger partial charge is 0.416 e. The summed E-state index contributed by atoms with van der Waals surface area (Å²) in [6, 6.07) is 17.7. The average Bonchev–Trinajstić information content (AvgIpc) is 3.01. The average molecular weight is 678 g/mol. The van der Waals surface area contributed by atoms with E-state index in [1.165, 1.54) is 11.1 Å². The minimum Gasteiger partial charge on any atom is -0.886 e. The molecule has 0 aliphatic rings. The lowest BCUT2D eigenvalue weighted by atomic mass is 9.70. The molecule has 4 aromatic heterocycles. The molecule has 8 rings (SSSR count). The minimum atomic E-state index is -0.853. The number of rotatable bonds is 2. The van der Waals surface area contributed by atoms with Gasteiger partial charge in [0, 0.05) is 24.3 Å². The van der Waals surface area contributed by atoms with Gasteiger partial charge in [0.25, 0.3) is 0 Å². The van der Waals surface area contributed by atoms with Gasteiger partial charge in [-0.3, -0.25) is 0 Å². The summed E-state index contributed by atoms with van der Waals surface area (Å²) >= 11 is 0. The Bertz CT molecular complexity index is 2550. The monoisotopic (exact) mass is 678 g/mol. The molecule has 6 N–H and O–H groups in total. The molecule has 0 aliphatic heterocycles. The molecule has 0 fully saturated rings. The van der Waals surface area contributed by atoms with Gasteiger partial charge in [0.1, 0.15) is 10.8 Å². The summed E-state index contributed by atoms with van der Waals surface area (Å²) in [5.74, 6) is 0. The Kier molecular flexibility index (Phi) is 7.07. The molecule has 260 valence electrons. The highest BCUT2D eigenvalue weighted by Gasteiger charge is 2.27. The van der Waals surface area contributed by atoms with Crippen molar-refractivity contribution in [2.45, 2.75) is 105 Å². The molecule has 0 unspecified atom stereocenters. The largest absolute Gasteiger partial charge is 0.886 e. The highest BCUT2D eigenvalue weighted by Crippen LogP contribution is 2.38. The van der Waals surface area contributed by atoms with Crippen LogP contribution < -0.4 is 24.1 Å². The minimum absolute atomic E-state index is 0.106. The zero-order valence-corrected chi connectivity index (χ0v) is 32.2. The molecular weight excluding hydrogens is 628 g/mol. The molecule has 0 saturated carbocycles. The molecule has 11 heteroatoms. The molecule has 0 spiro atoms. The van der Waals surface area contributed by atoms with Crippen molar-refractivity contribution in [1.82, 2.24) is 0 Å². The molecule has 4 heterocycles. The number of aromatic amines is 4. The van der Waals surface area contributed by atoms with E-state index in [-0.39, 0.29) is 21.7 Å². The molecule has 0 radical (unpaired) electrons. The van der Waals surface area contributed by atoms with Crippen LogP contribution in [0.15, 0.2) is 48.5 Å². The van der Waals surface area contributed by atoms with Crippen LogP contribution in [0.25, 0.3) is 64.7 Å². The van der Waals surface area contributed by atoms with E-state index < -0.39 is 26.8 Å². The summed E-state index contributed by atoms with van der Waals surface area (Å²) < 4.78 is 7.37. The van der Waals surface area contributed by atoms with Crippen molar-refractivity contribution < 1.29 is 34.2 Å². The van der Waals surface area contributed by atoms with E-state index in [0.29, 0.717) is 0 Å². The fourth-order valence-electron chi connectivity index (χ4n) is 8.05. The highest BCUT2D eigenvalue weighted by molar-refractivity contribution is 6.68. The third-order valence-electron chi connectivity index (χ3n) is 11.2. The van der Waals surface area contributed by atoms with E-state index in [4.69, 9.17) is 4.57 Å². The topological polar surface area (TPSA) is 106 Å². The number of hydrogen-bond acceptors (Lipinski definition) is 3. The van der Waals surface area contributed by atoms with Gasteiger partial charge in [0.05, 0.1) is 0 Å². The number of nitrogens with one attached hydrogen (secondary N) is 4. The van der Waals surface area contributed by atoms with E-state index in [9.17, 15) is 10.0 Å². The lowest BCUT2D eigenvalue weighted by Crippen LogP contribution is -2.43. The quantitative estimate of drug-likeness (QED) is 0.238. The first-order valence-corrected chi connectivity index (χ1v) is 18.4. The van der Waals surface area contributed by atoms with Crippen LogP contribution in [0, 0.1) is 0 Å². The summed E-state index contributed by atoms with van der Waals surface area (Å²) in [6.45, 7) is 23.7. The van der Waals surface area contributed by atoms with Gasteiger partial charge >= 0.3 is 26.8 Å². The first kappa shape index (κ1) is 33.9. The third kappa shape index (κ3) is 5.36. The summed E-state index contributed by atoms with van der Waals surface area (Å²) in [7, 11) is 0. The Hall–Kier alpha value is -4.26. The van der Waals surface area contributed by atoms with Crippen molar-refractivity contribution in [2.75, 3.05) is 0 Å². The lowest BCUT2D eigenvalue weighted by Gasteiger charge is -2.30. The number of aromatic nitrogens is 4. The van der Waals surface area contributed by atoms with Gasteiger partial charge in [-0.15, -0.1) is 21.1 Å². The van der Waals surface area contributed by atoms with Crippen LogP contribution in [0.1, 0.15) is 105 Å². The lowest BCUT2D eigenvalue weighted by molar-refractivity contribution is -0.302. The van der Waals surface area contributed by atoms with Crippen LogP contribution in [0.5, 0.6) is 0 Å². The van der Waals surface area contributed by atoms with Crippen molar-refractivity contribution in [1.29, 1.82) is 0 Å². The van der Waals surface area contributed by atoms with E-state index in [0.717, 1.165) is 75.9 Å². The SMILES string of the molecule is CC(C)(C)c1cc2[nH+][b-](O)c3cc(C(C)(C)C)cc4[b-](O[b-]5[nH+]c6cc(C(C)(C)C)cc7[nH+][b-](O)c8cc(C(C)(C)C)cc5c8c76)[nH+]c(c1)c2c34. The van der Waals surface area contributed by atoms with Crippen molar-refractivity contribution in [2.24, 2.45) is 0 Å². The van der Waals surface area contributed by atoms with Gasteiger partial charge in [-0.1, -0.05) is 118 Å². The second-order valence-corrected chi connectivity index (χ2v) is 19.2. The standard InChI is InChI=1S/C40H50B4N4O3/c1-37(2,3)21-13-25-33-27(15-21)43(47-31-19-23(39(7,8)9)17-29(35(31)33)45-41(25)49)51-44-28-16-22(38(4,5)6)14-26-34(28)36-30(46-42(26)50)18-24(40(10,11)12)20-32(36)48-44/h13-20,45-50H,1-12H3. The van der Waals surface area contributed by atoms with Crippen LogP contribution in [-0.4, -0.2) is 36.8 Å². The normalized spacial score (nSPS) is 13.6. The first-order valence-electron chi connectivity index (χ1n) is 18.4. The number of benzene rings is 4. The van der Waals surface area contributed by atoms with Crippen LogP contribution in [0.3, 0.4) is 0 Å². The van der Waals surface area contributed by atoms with E-state index >= 15 is 0 Å². The van der Waals surface area contributed by atoms with Crippen LogP contribution in [0.4, 0.5) is 0 Å². The van der Waals surface area contributed by atoms with Crippen LogP contribution in [0.2, 0.25) is 0 Å². The maximum atomic E-state index is 11.7. The van der Waals surface area contributed by atoms with Crippen molar-refractivity contribution >= 4 is 91.5 Å². The fourth-order valence-corrected chi connectivity index (χ4v) is 8.05. The van der Waals surface area contributed by atoms with Gasteiger partial charge in [0.15, 0.2) is 22.1 Å². The van der Waals surface area contributed by atoms with Gasteiger partial charge in [0.2, 0.25) is 0 Å². The van der Waals surface area contributed by atoms with Crippen molar-refractivity contribution in [3.05, 3.63) is 70.8 Å². The zero-order chi connectivity index (χ0) is 36.7. The van der Waals surface area contributed by atoms with Gasteiger partial charge < -0.3 is 34.2 Å². The zero-order valence-electron chi connectivity index (χ0n) is 32.2. The molecule has 0 amide bonds. The predicted octanol–water partition coefficient (Wildman–Crippen LogP) is 5.43.